The molecule has 4 amide bonds. The summed E-state index contributed by atoms with van der Waals surface area (Å²) in [4.78, 5) is 74.8. The van der Waals surface area contributed by atoms with Crippen molar-refractivity contribution in [2.75, 3.05) is 25.4 Å². The highest BCUT2D eigenvalue weighted by Crippen LogP contribution is 2.48. The summed E-state index contributed by atoms with van der Waals surface area (Å²) in [6, 6.07) is 8.97. The lowest BCUT2D eigenvalue weighted by molar-refractivity contribution is -0.184. The molecule has 330 valence electrons. The summed E-state index contributed by atoms with van der Waals surface area (Å²) in [6.07, 6.45) is 1.37. The molecule has 16 nitrogen and oxygen atoms in total. The number of nitrogens with one attached hydrogen (secondary N) is 4. The maximum Gasteiger partial charge on any atom is 0.349 e. The number of carbonyl (C=O) groups excluding carboxylic acids is 3. The molecular formula is C43H60N4O12S. The standard InChI is InChI=1S/C43H60N4O12S/c1-40(2,3)35(37(52)53)58-28-18-24(25-17-27(57-22-33(49)50)21-29(19-25)59-43(38(54)55,41(4,5)6)42(7,8)9)16-26(20-28)36(51)45-15-14-44-32(48)13-11-10-12-31-34-30(23-60-31)46-39(56)47-34/h16-21,30-31,34-35H,10-15,22-23H2,1-9H3,(H,44,48)(H,45,51)(H,49,50)(H,52,53)(H,54,55)(H2,46,47,56)/t30-,31-,34-,35?/m0/s1. The van der Waals surface area contributed by atoms with Gasteiger partial charge in [0.2, 0.25) is 11.5 Å². The molecule has 0 saturated carbocycles. The van der Waals surface area contributed by atoms with Crippen LogP contribution < -0.4 is 35.5 Å². The summed E-state index contributed by atoms with van der Waals surface area (Å²) in [6.45, 7) is 15.0. The molecule has 2 aliphatic heterocycles. The molecule has 2 aromatic rings. The Morgan fingerprint density at radius 3 is 2.02 bits per heavy atom. The second kappa shape index (κ2) is 19.0. The van der Waals surface area contributed by atoms with Crippen LogP contribution in [-0.2, 0) is 19.2 Å². The molecule has 7 N–H and O–H groups in total. The number of benzene rings is 2. The normalized spacial score (nSPS) is 18.4. The van der Waals surface area contributed by atoms with Crippen molar-refractivity contribution in [2.45, 2.75) is 117 Å². The molecule has 17 heteroatoms. The first-order chi connectivity index (χ1) is 27.8. The third-order valence-corrected chi connectivity index (χ3v) is 12.0. The number of amides is 4. The Labute approximate surface area is 355 Å². The average Bonchev–Trinajstić information content (AvgIpc) is 3.69. The first kappa shape index (κ1) is 47.5. The SMILES string of the molecule is CC(C)(C)C(Oc1cc(C(=O)NCCNC(=O)CCCC[C@@H]2SC[C@@H]3NC(=O)N[C@@H]32)cc(-c2cc(OCC(=O)O)cc(OC(C(=O)O)(C(C)(C)C)C(C)(C)C)c2)c1)C(=O)O. The molecule has 0 aromatic heterocycles. The quantitative estimate of drug-likeness (QED) is 0.0678. The van der Waals surface area contributed by atoms with E-state index >= 15 is 0 Å². The van der Waals surface area contributed by atoms with Gasteiger partial charge in [-0.05, 0) is 54.3 Å². The van der Waals surface area contributed by atoms with E-state index in [1.807, 2.05) is 11.8 Å². The fourth-order valence-corrected chi connectivity index (χ4v) is 9.40. The molecule has 2 aromatic carbocycles. The third-order valence-electron chi connectivity index (χ3n) is 10.5. The van der Waals surface area contributed by atoms with Gasteiger partial charge in [0.05, 0.1) is 12.1 Å². The van der Waals surface area contributed by atoms with Crippen molar-refractivity contribution in [2.24, 2.45) is 16.2 Å². The zero-order valence-electron chi connectivity index (χ0n) is 35.9. The van der Waals surface area contributed by atoms with E-state index < -0.39 is 58.4 Å². The molecule has 2 heterocycles. The number of fused-ring (bicyclic) bond motifs is 1. The first-order valence-electron chi connectivity index (χ1n) is 20.0. The highest BCUT2D eigenvalue weighted by atomic mass is 32.2. The van der Waals surface area contributed by atoms with Crippen LogP contribution in [0.25, 0.3) is 11.1 Å². The number of rotatable bonds is 19. The van der Waals surface area contributed by atoms with Crippen molar-refractivity contribution >= 4 is 47.5 Å². The summed E-state index contributed by atoms with van der Waals surface area (Å²) in [5, 5.41) is 41.9. The number of ether oxygens (including phenoxy) is 3. The van der Waals surface area contributed by atoms with E-state index in [9.17, 15) is 44.1 Å². The van der Waals surface area contributed by atoms with Crippen molar-refractivity contribution < 1.29 is 58.3 Å². The minimum Gasteiger partial charge on any atom is -0.482 e. The van der Waals surface area contributed by atoms with Gasteiger partial charge in [0.25, 0.3) is 5.91 Å². The van der Waals surface area contributed by atoms with Gasteiger partial charge in [-0.15, -0.1) is 0 Å². The summed E-state index contributed by atoms with van der Waals surface area (Å²) in [5.74, 6) is -3.44. The van der Waals surface area contributed by atoms with E-state index in [0.29, 0.717) is 29.2 Å². The van der Waals surface area contributed by atoms with Crippen LogP contribution in [0.3, 0.4) is 0 Å². The number of hydrogen-bond donors (Lipinski definition) is 7. The Bertz CT molecular complexity index is 1920. The van der Waals surface area contributed by atoms with E-state index in [4.69, 9.17) is 14.2 Å². The van der Waals surface area contributed by atoms with Crippen LogP contribution in [0.1, 0.15) is 98.4 Å². The lowest BCUT2D eigenvalue weighted by atomic mass is 9.62. The van der Waals surface area contributed by atoms with Crippen molar-refractivity contribution in [3.8, 4) is 28.4 Å². The Balaban J connectivity index is 1.57. The molecule has 2 fully saturated rings. The van der Waals surface area contributed by atoms with E-state index in [1.54, 1.807) is 62.3 Å². The molecule has 0 aliphatic carbocycles. The maximum atomic E-state index is 13.7. The molecule has 60 heavy (non-hydrogen) atoms. The number of hydrogen-bond acceptors (Lipinski definition) is 10. The largest absolute Gasteiger partial charge is 0.482 e. The van der Waals surface area contributed by atoms with Gasteiger partial charge in [0.1, 0.15) is 17.2 Å². The van der Waals surface area contributed by atoms with Gasteiger partial charge in [-0.2, -0.15) is 11.8 Å². The van der Waals surface area contributed by atoms with Crippen LogP contribution in [-0.4, -0.2) is 106 Å². The molecule has 4 rings (SSSR count). The van der Waals surface area contributed by atoms with Crippen LogP contribution in [0.15, 0.2) is 36.4 Å². The van der Waals surface area contributed by atoms with Crippen LogP contribution in [0.2, 0.25) is 0 Å². The second-order valence-corrected chi connectivity index (χ2v) is 19.7. The highest BCUT2D eigenvalue weighted by molar-refractivity contribution is 8.00. The fraction of sp³-hybridized carbons (Fsp3) is 0.581. The summed E-state index contributed by atoms with van der Waals surface area (Å²) in [5.41, 5.74) is -3.87. The van der Waals surface area contributed by atoms with Crippen LogP contribution in [0.5, 0.6) is 17.2 Å². The average molecular weight is 857 g/mol. The van der Waals surface area contributed by atoms with Gasteiger partial charge in [-0.3, -0.25) is 9.59 Å². The molecular weight excluding hydrogens is 797 g/mol. The number of carboxylic acid groups (broad SMARTS) is 3. The molecule has 0 bridgehead atoms. The van der Waals surface area contributed by atoms with Crippen molar-refractivity contribution in [1.82, 2.24) is 21.3 Å². The van der Waals surface area contributed by atoms with Crippen molar-refractivity contribution in [3.63, 3.8) is 0 Å². The first-order valence-corrected chi connectivity index (χ1v) is 21.1. The molecule has 1 unspecified atom stereocenters. The lowest BCUT2D eigenvalue weighted by Gasteiger charge is -2.49. The molecule has 2 aliphatic rings. The number of carbonyl (C=O) groups is 6. The highest BCUT2D eigenvalue weighted by Gasteiger charge is 2.59. The van der Waals surface area contributed by atoms with Gasteiger partial charge in [0.15, 0.2) is 12.7 Å². The summed E-state index contributed by atoms with van der Waals surface area (Å²) >= 11 is 1.82. The number of thioether (sulfide) groups is 1. The second-order valence-electron chi connectivity index (χ2n) is 18.4. The van der Waals surface area contributed by atoms with Gasteiger partial charge in [-0.1, -0.05) is 68.7 Å². The smallest absolute Gasteiger partial charge is 0.349 e. The van der Waals surface area contributed by atoms with Crippen LogP contribution >= 0.6 is 11.8 Å². The van der Waals surface area contributed by atoms with E-state index in [2.05, 4.69) is 21.3 Å². The zero-order chi connectivity index (χ0) is 44.8. The Hall–Kier alpha value is -5.19. The van der Waals surface area contributed by atoms with Gasteiger partial charge in [-0.25, -0.2) is 19.2 Å². The molecule has 0 spiro atoms. The molecule has 2 saturated heterocycles. The van der Waals surface area contributed by atoms with E-state index in [-0.39, 0.29) is 59.9 Å². The predicted molar refractivity (Wildman–Crippen MR) is 226 cm³/mol. The topological polar surface area (TPSA) is 239 Å². The van der Waals surface area contributed by atoms with E-state index in [1.165, 1.54) is 36.4 Å². The molecule has 4 atom stereocenters. The van der Waals surface area contributed by atoms with Crippen LogP contribution in [0, 0.1) is 16.2 Å². The summed E-state index contributed by atoms with van der Waals surface area (Å²) in [7, 11) is 0. The van der Waals surface area contributed by atoms with Crippen LogP contribution in [0.4, 0.5) is 4.79 Å². The Morgan fingerprint density at radius 2 is 1.42 bits per heavy atom. The van der Waals surface area contributed by atoms with Crippen molar-refractivity contribution in [3.05, 3.63) is 42.0 Å². The number of aliphatic carboxylic acids is 3. The number of unbranched alkanes of at least 4 members (excludes halogenated alkanes) is 1. The van der Waals surface area contributed by atoms with E-state index in [0.717, 1.165) is 18.6 Å². The van der Waals surface area contributed by atoms with Crippen molar-refractivity contribution in [1.29, 1.82) is 0 Å². The zero-order valence-corrected chi connectivity index (χ0v) is 36.7. The lowest BCUT2D eigenvalue weighted by Crippen LogP contribution is -2.63. The predicted octanol–water partition coefficient (Wildman–Crippen LogP) is 5.56. The Morgan fingerprint density at radius 1 is 0.800 bits per heavy atom. The molecule has 0 radical (unpaired) electrons. The minimum absolute atomic E-state index is 0.0313. The fourth-order valence-electron chi connectivity index (χ4n) is 7.86. The number of urea groups is 1. The van der Waals surface area contributed by atoms with Gasteiger partial charge >= 0.3 is 23.9 Å². The Kier molecular flexibility index (Phi) is 15.1. The monoisotopic (exact) mass is 856 g/mol. The summed E-state index contributed by atoms with van der Waals surface area (Å²) < 4.78 is 18.0. The number of carboxylic acids is 3. The third kappa shape index (κ3) is 11.8. The maximum absolute atomic E-state index is 13.7. The van der Waals surface area contributed by atoms with Gasteiger partial charge < -0.3 is 50.8 Å². The minimum atomic E-state index is -1.80. The van der Waals surface area contributed by atoms with Gasteiger partial charge in [0, 0.05) is 58.4 Å².